The van der Waals surface area contributed by atoms with Crippen molar-refractivity contribution in [1.29, 1.82) is 0 Å². The number of rotatable bonds is 16. The summed E-state index contributed by atoms with van der Waals surface area (Å²) < 4.78 is 23.2. The number of hydrogen-bond acceptors (Lipinski definition) is 2. The van der Waals surface area contributed by atoms with E-state index in [4.69, 9.17) is 16.8 Å². The molecule has 0 atom stereocenters. The van der Waals surface area contributed by atoms with Crippen LogP contribution in [0.1, 0.15) is 110 Å². The van der Waals surface area contributed by atoms with Gasteiger partial charge in [-0.15, -0.1) is 0 Å². The van der Waals surface area contributed by atoms with Crippen LogP contribution < -0.4 is 0 Å². The Morgan fingerprint density at radius 3 is 1.00 bits per heavy atom. The zero-order chi connectivity index (χ0) is 17.6. The Morgan fingerprint density at radius 1 is 0.565 bits per heavy atom. The molecule has 0 fully saturated rings. The molecular formula is C18H40O4V. The molecule has 0 aliphatic rings. The quantitative estimate of drug-likeness (QED) is 0.334. The molecule has 0 spiro atoms. The zero-order valence-corrected chi connectivity index (χ0v) is 16.6. The van der Waals surface area contributed by atoms with E-state index in [1.807, 2.05) is 0 Å². The molecule has 141 valence electrons. The molecule has 23 heavy (non-hydrogen) atoms. The Hall–Kier alpha value is 0.264. The predicted molar refractivity (Wildman–Crippen MR) is 91.8 cm³/mol. The second-order valence-electron chi connectivity index (χ2n) is 6.28. The topological polar surface area (TPSA) is 77.8 Å². The second-order valence-corrected chi connectivity index (χ2v) is 7.07. The molecule has 0 aromatic carbocycles. The number of aliphatic hydroxyl groups excluding tert-OH is 1. The van der Waals surface area contributed by atoms with Gasteiger partial charge in [0.15, 0.2) is 0 Å². The summed E-state index contributed by atoms with van der Waals surface area (Å²) in [6.07, 6.45) is 22.2. The third-order valence-electron chi connectivity index (χ3n) is 4.01. The summed E-state index contributed by atoms with van der Waals surface area (Å²) in [5.74, 6) is 0. The van der Waals surface area contributed by atoms with Crippen LogP contribution >= 0.6 is 0 Å². The molecule has 0 aliphatic carbocycles. The van der Waals surface area contributed by atoms with Crippen molar-refractivity contribution >= 4 is 0 Å². The fourth-order valence-corrected chi connectivity index (χ4v) is 2.66. The molecule has 0 unspecified atom stereocenters. The number of unbranched alkanes of at least 4 members (excludes halogenated alkanes) is 15. The van der Waals surface area contributed by atoms with Gasteiger partial charge in [-0.2, -0.15) is 0 Å². The summed E-state index contributed by atoms with van der Waals surface area (Å²) in [5, 5.41) is 8.67. The fourth-order valence-electron chi connectivity index (χ4n) is 2.66. The van der Waals surface area contributed by atoms with Crippen LogP contribution in [0.25, 0.3) is 0 Å². The van der Waals surface area contributed by atoms with Gasteiger partial charge in [-0.1, -0.05) is 103 Å². The van der Waals surface area contributed by atoms with E-state index in [0.717, 1.165) is 6.42 Å². The summed E-state index contributed by atoms with van der Waals surface area (Å²) in [4.78, 5) is 0. The molecule has 0 radical (unpaired) electrons. The van der Waals surface area contributed by atoms with Crippen LogP contribution in [0.5, 0.6) is 0 Å². The summed E-state index contributed by atoms with van der Waals surface area (Å²) in [6.45, 7) is 2.66. The van der Waals surface area contributed by atoms with Crippen molar-refractivity contribution in [2.45, 2.75) is 110 Å². The van der Waals surface area contributed by atoms with Crippen LogP contribution in [0.4, 0.5) is 0 Å². The Bertz CT molecular complexity index is 205. The minimum atomic E-state index is -3.44. The summed E-state index contributed by atoms with van der Waals surface area (Å²) >= 11 is -3.44. The molecule has 0 saturated heterocycles. The van der Waals surface area contributed by atoms with E-state index in [1.54, 1.807) is 0 Å². The van der Waals surface area contributed by atoms with Gasteiger partial charge in [0.2, 0.25) is 0 Å². The standard InChI is InChI=1S/C18H38O.2H2O.O.V/c1-2-3-4-5-6-7-8-9-10-11-12-13-14-15-16-17-18-19;;;;/h19H,2-18H2,1H3;2*1H2;;/q;;;;+2/p-2. The van der Waals surface area contributed by atoms with Gasteiger partial charge in [-0.05, 0) is 6.42 Å². The van der Waals surface area contributed by atoms with Crippen LogP contribution in [0, 0.1) is 0 Å². The van der Waals surface area contributed by atoms with Crippen molar-refractivity contribution in [3.63, 3.8) is 0 Å². The third-order valence-corrected chi connectivity index (χ3v) is 4.01. The molecule has 3 N–H and O–H groups in total. The van der Waals surface area contributed by atoms with Crippen LogP contribution in [-0.4, -0.2) is 19.8 Å². The molecule has 0 aliphatic heterocycles. The monoisotopic (exact) mass is 371 g/mol. The molecule has 0 amide bonds. The number of hydrogen-bond donors (Lipinski definition) is 3. The van der Waals surface area contributed by atoms with Gasteiger partial charge in [0.05, 0.1) is 0 Å². The van der Waals surface area contributed by atoms with Crippen molar-refractivity contribution in [2.75, 3.05) is 6.61 Å². The second kappa shape index (κ2) is 24.5. The van der Waals surface area contributed by atoms with Gasteiger partial charge in [0.1, 0.15) is 0 Å². The molecule has 4 nitrogen and oxygen atoms in total. The van der Waals surface area contributed by atoms with Crippen molar-refractivity contribution in [3.05, 3.63) is 0 Å². The number of aliphatic hydroxyl groups is 1. The van der Waals surface area contributed by atoms with Crippen LogP contribution in [0.2, 0.25) is 0 Å². The molecule has 5 heteroatoms. The minimum absolute atomic E-state index is 0.373. The van der Waals surface area contributed by atoms with E-state index in [9.17, 15) is 0 Å². The Labute approximate surface area is 149 Å². The predicted octanol–water partition coefficient (Wildman–Crippen LogP) is 5.00. The summed E-state index contributed by atoms with van der Waals surface area (Å²) in [6, 6.07) is 0. The first-order valence-corrected chi connectivity index (χ1v) is 11.4. The SMILES string of the molecule is CCCCCCCCCCCCCCCCCCO.[O]=[V]([OH])[OH]. The normalized spacial score (nSPS) is 10.3. The molecule has 0 rings (SSSR count). The average molecular weight is 371 g/mol. The van der Waals surface area contributed by atoms with Crippen molar-refractivity contribution in [3.8, 4) is 0 Å². The third kappa shape index (κ3) is 34.6. The molecule has 0 aromatic rings. The molecule has 0 saturated carbocycles. The van der Waals surface area contributed by atoms with E-state index in [2.05, 4.69) is 6.92 Å². The van der Waals surface area contributed by atoms with Crippen LogP contribution in [0.15, 0.2) is 0 Å². The molecule has 0 bridgehead atoms. The molecule has 0 aromatic heterocycles. The van der Waals surface area contributed by atoms with Gasteiger partial charge < -0.3 is 5.11 Å². The molecule has 0 heterocycles. The van der Waals surface area contributed by atoms with E-state index in [-0.39, 0.29) is 0 Å². The summed E-state index contributed by atoms with van der Waals surface area (Å²) in [5.41, 5.74) is 0. The van der Waals surface area contributed by atoms with Crippen LogP contribution in [-0.2, 0) is 19.5 Å². The van der Waals surface area contributed by atoms with E-state index in [0.29, 0.717) is 6.61 Å². The van der Waals surface area contributed by atoms with Gasteiger partial charge >= 0.3 is 27.5 Å². The van der Waals surface area contributed by atoms with Crippen molar-refractivity contribution in [1.82, 2.24) is 0 Å². The average Bonchev–Trinajstić information content (AvgIpc) is 2.50. The van der Waals surface area contributed by atoms with Gasteiger partial charge in [0, 0.05) is 6.61 Å². The van der Waals surface area contributed by atoms with Crippen LogP contribution in [0.3, 0.4) is 0 Å². The maximum absolute atomic E-state index is 8.78. The summed E-state index contributed by atoms with van der Waals surface area (Å²) in [7, 11) is 0. The first-order valence-electron chi connectivity index (χ1n) is 9.61. The van der Waals surface area contributed by atoms with Crippen molar-refractivity contribution in [2.24, 2.45) is 0 Å². The first kappa shape index (κ1) is 25.5. The maximum atomic E-state index is 8.78. The zero-order valence-electron chi connectivity index (χ0n) is 15.2. The molecular weight excluding hydrogens is 331 g/mol. The first-order chi connectivity index (χ1) is 11.1. The van der Waals surface area contributed by atoms with Gasteiger partial charge in [-0.3, -0.25) is 0 Å². The van der Waals surface area contributed by atoms with Crippen molar-refractivity contribution < 1.29 is 32.6 Å². The Balaban J connectivity index is 0. The van der Waals surface area contributed by atoms with Gasteiger partial charge in [0.25, 0.3) is 0 Å². The van der Waals surface area contributed by atoms with Gasteiger partial charge in [-0.25, -0.2) is 0 Å². The van der Waals surface area contributed by atoms with E-state index < -0.39 is 15.8 Å². The Morgan fingerprint density at radius 2 is 0.783 bits per heavy atom. The van der Waals surface area contributed by atoms with E-state index >= 15 is 0 Å². The van der Waals surface area contributed by atoms with E-state index in [1.165, 1.54) is 96.3 Å². The Kier molecular flexibility index (Phi) is 27.2. The fraction of sp³-hybridized carbons (Fsp3) is 1.00.